The van der Waals surface area contributed by atoms with Crippen molar-refractivity contribution in [2.75, 3.05) is 31.1 Å². The van der Waals surface area contributed by atoms with Gasteiger partial charge in [-0.2, -0.15) is 0 Å². The number of piperazine rings is 1. The van der Waals surface area contributed by atoms with Gasteiger partial charge in [-0.3, -0.25) is 4.79 Å². The van der Waals surface area contributed by atoms with Crippen LogP contribution < -0.4 is 4.90 Å². The zero-order chi connectivity index (χ0) is 19.9. The number of amides is 1. The van der Waals surface area contributed by atoms with Gasteiger partial charge in [0.05, 0.1) is 0 Å². The third-order valence-corrected chi connectivity index (χ3v) is 4.81. The molecule has 28 heavy (non-hydrogen) atoms. The van der Waals surface area contributed by atoms with Crippen molar-refractivity contribution in [2.45, 2.75) is 20.0 Å². The fourth-order valence-electron chi connectivity index (χ4n) is 3.28. The fraction of sp³-hybridized carbons (Fsp3) is 0.304. The van der Waals surface area contributed by atoms with Gasteiger partial charge in [-0.15, -0.1) is 0 Å². The van der Waals surface area contributed by atoms with E-state index in [0.29, 0.717) is 13.1 Å². The topological polar surface area (TPSA) is 49.9 Å². The first kappa shape index (κ1) is 19.7. The summed E-state index contributed by atoms with van der Waals surface area (Å²) in [5, 5.41) is 0. The predicted molar refractivity (Wildman–Crippen MR) is 111 cm³/mol. The molecule has 1 aliphatic rings. The molecule has 146 valence electrons. The van der Waals surface area contributed by atoms with Crippen LogP contribution in [0.1, 0.15) is 18.1 Å². The molecule has 1 heterocycles. The van der Waals surface area contributed by atoms with Gasteiger partial charge < -0.3 is 14.5 Å². The highest BCUT2D eigenvalue weighted by atomic mass is 16.5. The van der Waals surface area contributed by atoms with Crippen LogP contribution in [0.3, 0.4) is 0 Å². The summed E-state index contributed by atoms with van der Waals surface area (Å²) in [6.45, 7) is 6.40. The minimum Gasteiger partial charge on any atom is -0.449 e. The van der Waals surface area contributed by atoms with Gasteiger partial charge in [-0.05, 0) is 37.6 Å². The Bertz CT molecular complexity index is 840. The Balaban J connectivity index is 1.48. The maximum Gasteiger partial charge on any atom is 0.331 e. The van der Waals surface area contributed by atoms with E-state index in [2.05, 4.69) is 17.0 Å². The summed E-state index contributed by atoms with van der Waals surface area (Å²) < 4.78 is 5.30. The van der Waals surface area contributed by atoms with Crippen molar-refractivity contribution in [3.8, 4) is 0 Å². The van der Waals surface area contributed by atoms with Crippen molar-refractivity contribution in [1.29, 1.82) is 0 Å². The van der Waals surface area contributed by atoms with Gasteiger partial charge in [-0.1, -0.05) is 48.0 Å². The molecule has 0 unspecified atom stereocenters. The van der Waals surface area contributed by atoms with Crippen LogP contribution in [-0.4, -0.2) is 49.1 Å². The standard InChI is InChI=1S/C23H26N2O3/c1-18-7-6-8-20(17-18)11-12-22(26)28-19(2)23(27)25-15-13-24(14-16-25)21-9-4-3-5-10-21/h3-12,17,19H,13-16H2,1-2H3/b12-11+/t19-/m1/s1. The fourth-order valence-corrected chi connectivity index (χ4v) is 3.28. The van der Waals surface area contributed by atoms with Crippen LogP contribution in [0.2, 0.25) is 0 Å². The zero-order valence-electron chi connectivity index (χ0n) is 16.4. The molecule has 3 rings (SSSR count). The number of nitrogens with zero attached hydrogens (tertiary/aromatic N) is 2. The van der Waals surface area contributed by atoms with Gasteiger partial charge in [0.2, 0.25) is 0 Å². The quantitative estimate of drug-likeness (QED) is 0.592. The van der Waals surface area contributed by atoms with E-state index in [4.69, 9.17) is 4.74 Å². The number of rotatable bonds is 5. The lowest BCUT2D eigenvalue weighted by Gasteiger charge is -2.36. The van der Waals surface area contributed by atoms with Crippen molar-refractivity contribution in [2.24, 2.45) is 0 Å². The average molecular weight is 378 g/mol. The number of carbonyl (C=O) groups is 2. The molecule has 1 saturated heterocycles. The molecular weight excluding hydrogens is 352 g/mol. The molecule has 5 heteroatoms. The zero-order valence-corrected chi connectivity index (χ0v) is 16.4. The van der Waals surface area contributed by atoms with Crippen LogP contribution in [0.4, 0.5) is 5.69 Å². The molecule has 1 atom stereocenters. The van der Waals surface area contributed by atoms with Crippen molar-refractivity contribution in [3.05, 3.63) is 71.8 Å². The Kier molecular flexibility index (Phi) is 6.48. The lowest BCUT2D eigenvalue weighted by molar-refractivity contribution is -0.155. The number of aryl methyl sites for hydroxylation is 1. The molecule has 0 aromatic heterocycles. The number of ether oxygens (including phenoxy) is 1. The van der Waals surface area contributed by atoms with E-state index in [9.17, 15) is 9.59 Å². The summed E-state index contributed by atoms with van der Waals surface area (Å²) >= 11 is 0. The van der Waals surface area contributed by atoms with E-state index >= 15 is 0 Å². The van der Waals surface area contributed by atoms with E-state index in [1.165, 1.54) is 6.08 Å². The lowest BCUT2D eigenvalue weighted by Crippen LogP contribution is -2.51. The minimum absolute atomic E-state index is 0.148. The van der Waals surface area contributed by atoms with E-state index in [-0.39, 0.29) is 5.91 Å². The molecule has 0 spiro atoms. The molecule has 0 bridgehead atoms. The van der Waals surface area contributed by atoms with Crippen molar-refractivity contribution < 1.29 is 14.3 Å². The molecule has 1 aliphatic heterocycles. The van der Waals surface area contributed by atoms with Gasteiger partial charge in [0.1, 0.15) is 0 Å². The van der Waals surface area contributed by atoms with Crippen molar-refractivity contribution in [1.82, 2.24) is 4.90 Å². The van der Waals surface area contributed by atoms with Crippen molar-refractivity contribution in [3.63, 3.8) is 0 Å². The second-order valence-corrected chi connectivity index (χ2v) is 6.97. The van der Waals surface area contributed by atoms with Crippen molar-refractivity contribution >= 4 is 23.6 Å². The summed E-state index contributed by atoms with van der Waals surface area (Å²) in [7, 11) is 0. The largest absolute Gasteiger partial charge is 0.449 e. The predicted octanol–water partition coefficient (Wildman–Crippen LogP) is 3.29. The van der Waals surface area contributed by atoms with Crippen LogP contribution in [0.25, 0.3) is 6.08 Å². The van der Waals surface area contributed by atoms with Crippen LogP contribution in [0.15, 0.2) is 60.7 Å². The molecule has 0 saturated carbocycles. The van der Waals surface area contributed by atoms with Gasteiger partial charge in [0, 0.05) is 37.9 Å². The highest BCUT2D eigenvalue weighted by Gasteiger charge is 2.26. The monoisotopic (exact) mass is 378 g/mol. The number of carbonyl (C=O) groups excluding carboxylic acids is 2. The number of esters is 1. The average Bonchev–Trinajstić information content (AvgIpc) is 2.72. The molecule has 0 N–H and O–H groups in total. The van der Waals surface area contributed by atoms with Gasteiger partial charge in [0.25, 0.3) is 5.91 Å². The van der Waals surface area contributed by atoms with E-state index < -0.39 is 12.1 Å². The maximum atomic E-state index is 12.6. The Morgan fingerprint density at radius 3 is 2.39 bits per heavy atom. The highest BCUT2D eigenvalue weighted by molar-refractivity contribution is 5.90. The maximum absolute atomic E-state index is 12.6. The Labute approximate surface area is 166 Å². The van der Waals surface area contributed by atoms with Gasteiger partial charge >= 0.3 is 5.97 Å². The number of hydrogen-bond acceptors (Lipinski definition) is 4. The number of benzene rings is 2. The molecule has 1 fully saturated rings. The summed E-state index contributed by atoms with van der Waals surface area (Å²) in [6.07, 6.45) is 2.27. The summed E-state index contributed by atoms with van der Waals surface area (Å²) in [4.78, 5) is 28.7. The minimum atomic E-state index is -0.794. The highest BCUT2D eigenvalue weighted by Crippen LogP contribution is 2.16. The van der Waals surface area contributed by atoms with E-state index in [0.717, 1.165) is 29.9 Å². The smallest absolute Gasteiger partial charge is 0.331 e. The molecule has 0 aliphatic carbocycles. The second kappa shape index (κ2) is 9.22. The summed E-state index contributed by atoms with van der Waals surface area (Å²) in [5.41, 5.74) is 3.21. The molecule has 2 aromatic carbocycles. The van der Waals surface area contributed by atoms with E-state index in [1.54, 1.807) is 17.9 Å². The first-order valence-electron chi connectivity index (χ1n) is 9.57. The molecular formula is C23H26N2O3. The lowest BCUT2D eigenvalue weighted by atomic mass is 10.1. The first-order valence-corrected chi connectivity index (χ1v) is 9.57. The molecule has 5 nitrogen and oxygen atoms in total. The second-order valence-electron chi connectivity index (χ2n) is 6.97. The van der Waals surface area contributed by atoms with E-state index in [1.807, 2.05) is 49.4 Å². The third-order valence-electron chi connectivity index (χ3n) is 4.81. The number of para-hydroxylation sites is 1. The third kappa shape index (κ3) is 5.22. The van der Waals surface area contributed by atoms with Crippen LogP contribution in [0, 0.1) is 6.92 Å². The summed E-state index contributed by atoms with van der Waals surface area (Å²) in [5.74, 6) is -0.657. The SMILES string of the molecule is Cc1cccc(/C=C/C(=O)O[C@H](C)C(=O)N2CCN(c3ccccc3)CC2)c1. The Morgan fingerprint density at radius 2 is 1.71 bits per heavy atom. The normalized spacial score (nSPS) is 15.5. The Hall–Kier alpha value is -3.08. The first-order chi connectivity index (χ1) is 13.5. The number of hydrogen-bond donors (Lipinski definition) is 0. The molecule has 1 amide bonds. The summed E-state index contributed by atoms with van der Waals surface area (Å²) in [6, 6.07) is 18.0. The Morgan fingerprint density at radius 1 is 1.00 bits per heavy atom. The van der Waals surface area contributed by atoms with Gasteiger partial charge in [0.15, 0.2) is 6.10 Å². The molecule has 0 radical (unpaired) electrons. The van der Waals surface area contributed by atoms with Crippen LogP contribution in [-0.2, 0) is 14.3 Å². The van der Waals surface area contributed by atoms with Crippen LogP contribution in [0.5, 0.6) is 0 Å². The van der Waals surface area contributed by atoms with Crippen LogP contribution >= 0.6 is 0 Å². The molecule has 2 aromatic rings. The number of anilines is 1. The van der Waals surface area contributed by atoms with Gasteiger partial charge in [-0.25, -0.2) is 4.79 Å².